The second kappa shape index (κ2) is 6.04. The van der Waals surface area contributed by atoms with Crippen LogP contribution in [0, 0.1) is 0 Å². The molecule has 7 heteroatoms. The number of hydrogen-bond donors (Lipinski definition) is 2. The molecule has 7 nitrogen and oxygen atoms in total. The normalized spacial score (nSPS) is 22.5. The summed E-state index contributed by atoms with van der Waals surface area (Å²) in [6.45, 7) is -0.105. The van der Waals surface area contributed by atoms with E-state index in [0.717, 1.165) is 17.4 Å². The Morgan fingerprint density at radius 2 is 2.00 bits per heavy atom. The average molecular weight is 281 g/mol. The Bertz CT molecular complexity index is 596. The summed E-state index contributed by atoms with van der Waals surface area (Å²) >= 11 is 0. The van der Waals surface area contributed by atoms with E-state index in [4.69, 9.17) is 0 Å². The molecule has 0 aromatic carbocycles. The van der Waals surface area contributed by atoms with E-state index in [1.165, 1.54) is 23.9 Å². The van der Waals surface area contributed by atoms with Crippen LogP contribution >= 0.6 is 0 Å². The zero-order valence-corrected chi connectivity index (χ0v) is 11.4. The molecule has 0 aliphatic heterocycles. The predicted molar refractivity (Wildman–Crippen MR) is 72.3 cm³/mol. The van der Waals surface area contributed by atoms with Gasteiger partial charge < -0.3 is 10.4 Å². The minimum absolute atomic E-state index is 0.0501. The number of aliphatic hydroxyl groups excluding tert-OH is 1. The molecular weight excluding hydrogens is 262 g/mol. The maximum Gasteiger partial charge on any atom is 0.331 e. The van der Waals surface area contributed by atoms with Crippen LogP contribution in [0.4, 0.5) is 0 Å². The Labute approximate surface area is 115 Å². The number of nitrogens with one attached hydrogen (secondary N) is 1. The van der Waals surface area contributed by atoms with Gasteiger partial charge in [0.2, 0.25) is 5.91 Å². The highest BCUT2D eigenvalue weighted by Crippen LogP contribution is 2.18. The van der Waals surface area contributed by atoms with Crippen molar-refractivity contribution in [1.29, 1.82) is 0 Å². The van der Waals surface area contributed by atoms with E-state index < -0.39 is 11.2 Å². The zero-order valence-electron chi connectivity index (χ0n) is 11.4. The Hall–Kier alpha value is -1.89. The Balaban J connectivity index is 1.97. The molecule has 1 fully saturated rings. The van der Waals surface area contributed by atoms with Crippen molar-refractivity contribution < 1.29 is 9.90 Å². The predicted octanol–water partition coefficient (Wildman–Crippen LogP) is -1.03. The first kappa shape index (κ1) is 14.5. The molecule has 20 heavy (non-hydrogen) atoms. The van der Waals surface area contributed by atoms with Crippen molar-refractivity contribution in [2.45, 2.75) is 44.4 Å². The topological polar surface area (TPSA) is 93.3 Å². The number of nitrogens with zero attached hydrogens (tertiary/aromatic N) is 2. The third kappa shape index (κ3) is 3.36. The van der Waals surface area contributed by atoms with Gasteiger partial charge in [0.05, 0.1) is 6.10 Å². The van der Waals surface area contributed by atoms with Gasteiger partial charge in [0, 0.05) is 25.4 Å². The van der Waals surface area contributed by atoms with Gasteiger partial charge in [-0.15, -0.1) is 0 Å². The van der Waals surface area contributed by atoms with E-state index in [0.29, 0.717) is 12.8 Å². The van der Waals surface area contributed by atoms with E-state index in [1.807, 2.05) is 0 Å². The highest BCUT2D eigenvalue weighted by atomic mass is 16.3. The van der Waals surface area contributed by atoms with Gasteiger partial charge in [-0.1, -0.05) is 0 Å². The third-order valence-corrected chi connectivity index (χ3v) is 3.64. The van der Waals surface area contributed by atoms with Gasteiger partial charge in [0.15, 0.2) is 0 Å². The van der Waals surface area contributed by atoms with Crippen LogP contribution in [0.15, 0.2) is 21.9 Å². The second-order valence-corrected chi connectivity index (χ2v) is 5.20. The van der Waals surface area contributed by atoms with Gasteiger partial charge in [-0.25, -0.2) is 4.79 Å². The smallest absolute Gasteiger partial charge is 0.331 e. The molecule has 0 radical (unpaired) electrons. The molecule has 1 heterocycles. The van der Waals surface area contributed by atoms with Crippen LogP contribution in [-0.4, -0.2) is 32.3 Å². The molecule has 2 N–H and O–H groups in total. The number of amides is 1. The van der Waals surface area contributed by atoms with E-state index >= 15 is 0 Å². The first-order chi connectivity index (χ1) is 9.47. The molecule has 1 aromatic rings. The van der Waals surface area contributed by atoms with Gasteiger partial charge >= 0.3 is 5.69 Å². The minimum atomic E-state index is -0.508. The van der Waals surface area contributed by atoms with Gasteiger partial charge in [-0.3, -0.25) is 18.7 Å². The molecule has 1 aliphatic carbocycles. The summed E-state index contributed by atoms with van der Waals surface area (Å²) in [7, 11) is 1.38. The first-order valence-electron chi connectivity index (χ1n) is 6.71. The summed E-state index contributed by atoms with van der Waals surface area (Å²) in [6, 6.07) is 1.31. The monoisotopic (exact) mass is 281 g/mol. The Morgan fingerprint density at radius 1 is 1.35 bits per heavy atom. The summed E-state index contributed by atoms with van der Waals surface area (Å²) < 4.78 is 2.17. The molecule has 1 saturated carbocycles. The average Bonchev–Trinajstić information content (AvgIpc) is 2.42. The fraction of sp³-hybridized carbons (Fsp3) is 0.615. The number of carbonyl (C=O) groups excluding carboxylic acids is 1. The maximum absolute atomic E-state index is 11.9. The van der Waals surface area contributed by atoms with Gasteiger partial charge in [-0.2, -0.15) is 0 Å². The van der Waals surface area contributed by atoms with Crippen LogP contribution in [0.5, 0.6) is 0 Å². The van der Waals surface area contributed by atoms with Gasteiger partial charge in [-0.05, 0) is 25.7 Å². The van der Waals surface area contributed by atoms with Crippen molar-refractivity contribution in [1.82, 2.24) is 14.5 Å². The number of rotatable bonds is 3. The summed E-state index contributed by atoms with van der Waals surface area (Å²) in [6.07, 6.45) is 3.92. The molecule has 0 unspecified atom stereocenters. The van der Waals surface area contributed by atoms with E-state index in [-0.39, 0.29) is 24.6 Å². The molecule has 0 spiro atoms. The summed E-state index contributed by atoms with van der Waals surface area (Å²) in [4.78, 5) is 34.9. The van der Waals surface area contributed by atoms with Crippen molar-refractivity contribution in [2.24, 2.45) is 7.05 Å². The lowest BCUT2D eigenvalue weighted by molar-refractivity contribution is -0.122. The fourth-order valence-electron chi connectivity index (χ4n) is 2.38. The summed E-state index contributed by atoms with van der Waals surface area (Å²) in [5.41, 5.74) is -0.903. The van der Waals surface area contributed by atoms with Gasteiger partial charge in [0.25, 0.3) is 5.56 Å². The van der Waals surface area contributed by atoms with E-state index in [2.05, 4.69) is 5.32 Å². The van der Waals surface area contributed by atoms with Crippen LogP contribution in [-0.2, 0) is 18.4 Å². The van der Waals surface area contributed by atoms with Crippen molar-refractivity contribution in [3.05, 3.63) is 33.1 Å². The quantitative estimate of drug-likeness (QED) is 0.740. The van der Waals surface area contributed by atoms with Crippen LogP contribution in [0.2, 0.25) is 0 Å². The molecule has 2 rings (SSSR count). The lowest BCUT2D eigenvalue weighted by atomic mass is 9.93. The molecule has 1 amide bonds. The largest absolute Gasteiger partial charge is 0.393 e. The van der Waals surface area contributed by atoms with Crippen LogP contribution in [0.25, 0.3) is 0 Å². The Kier molecular flexibility index (Phi) is 4.39. The molecule has 1 aliphatic rings. The Morgan fingerprint density at radius 3 is 2.65 bits per heavy atom. The SMILES string of the molecule is Cn1c(=O)ccn(CC(=O)NC2CCC(O)CC2)c1=O. The standard InChI is InChI=1S/C13H19N3O4/c1-15-12(19)6-7-16(13(15)20)8-11(18)14-9-2-4-10(17)5-3-9/h6-7,9-10,17H,2-5,8H2,1H3,(H,14,18). The van der Waals surface area contributed by atoms with Crippen molar-refractivity contribution >= 4 is 5.91 Å². The van der Waals surface area contributed by atoms with Crippen molar-refractivity contribution in [3.63, 3.8) is 0 Å². The zero-order chi connectivity index (χ0) is 14.7. The molecule has 0 saturated heterocycles. The molecule has 1 aromatic heterocycles. The first-order valence-corrected chi connectivity index (χ1v) is 6.71. The minimum Gasteiger partial charge on any atom is -0.393 e. The molecule has 0 atom stereocenters. The maximum atomic E-state index is 11.9. The molecule has 110 valence electrons. The lowest BCUT2D eigenvalue weighted by Crippen LogP contribution is -2.43. The number of aliphatic hydroxyl groups is 1. The highest BCUT2D eigenvalue weighted by Gasteiger charge is 2.20. The summed E-state index contributed by atoms with van der Waals surface area (Å²) in [5, 5.41) is 12.3. The van der Waals surface area contributed by atoms with Crippen LogP contribution in [0.1, 0.15) is 25.7 Å². The lowest BCUT2D eigenvalue weighted by Gasteiger charge is -2.26. The molecular formula is C13H19N3O4. The highest BCUT2D eigenvalue weighted by molar-refractivity contribution is 5.76. The van der Waals surface area contributed by atoms with Crippen LogP contribution in [0.3, 0.4) is 0 Å². The van der Waals surface area contributed by atoms with Crippen LogP contribution < -0.4 is 16.6 Å². The van der Waals surface area contributed by atoms with E-state index in [9.17, 15) is 19.5 Å². The third-order valence-electron chi connectivity index (χ3n) is 3.64. The number of carbonyl (C=O) groups is 1. The van der Waals surface area contributed by atoms with Crippen molar-refractivity contribution in [3.8, 4) is 0 Å². The fourth-order valence-corrected chi connectivity index (χ4v) is 2.38. The number of hydrogen-bond acceptors (Lipinski definition) is 4. The van der Waals surface area contributed by atoms with Crippen molar-refractivity contribution in [2.75, 3.05) is 0 Å². The number of aromatic nitrogens is 2. The molecule has 0 bridgehead atoms. The van der Waals surface area contributed by atoms with E-state index in [1.54, 1.807) is 0 Å². The second-order valence-electron chi connectivity index (χ2n) is 5.20. The summed E-state index contributed by atoms with van der Waals surface area (Å²) in [5.74, 6) is -0.257. The van der Waals surface area contributed by atoms with Gasteiger partial charge in [0.1, 0.15) is 6.54 Å².